The highest BCUT2D eigenvalue weighted by atomic mass is 16.5. The number of carboxylic acid groups (broad SMARTS) is 1. The van der Waals surface area contributed by atoms with Crippen molar-refractivity contribution in [3.05, 3.63) is 24.3 Å². The summed E-state index contributed by atoms with van der Waals surface area (Å²) in [4.78, 5) is 23.9. The standard InChI is InChI=1S/C14H19NO4/c1-15(11-7-3-4-8-12(11)19-2)13(16)9-5-6-10-14(17)18/h3-4,7-8H,5-6,9-10H2,1-2H3,(H,17,18). The zero-order valence-electron chi connectivity index (χ0n) is 11.3. The number of benzene rings is 1. The van der Waals surface area contributed by atoms with E-state index in [0.29, 0.717) is 30.7 Å². The van der Waals surface area contributed by atoms with Crippen molar-refractivity contribution < 1.29 is 19.4 Å². The molecule has 0 bridgehead atoms. The average Bonchev–Trinajstić information content (AvgIpc) is 2.42. The van der Waals surface area contributed by atoms with E-state index in [2.05, 4.69) is 0 Å². The summed E-state index contributed by atoms with van der Waals surface area (Å²) in [5.41, 5.74) is 0.716. The summed E-state index contributed by atoms with van der Waals surface area (Å²) < 4.78 is 5.20. The van der Waals surface area contributed by atoms with E-state index in [-0.39, 0.29) is 12.3 Å². The number of carbonyl (C=O) groups excluding carboxylic acids is 1. The summed E-state index contributed by atoms with van der Waals surface area (Å²) in [6.45, 7) is 0. The van der Waals surface area contributed by atoms with Crippen LogP contribution in [0.5, 0.6) is 5.75 Å². The van der Waals surface area contributed by atoms with E-state index in [1.54, 1.807) is 25.1 Å². The van der Waals surface area contributed by atoms with Crippen molar-refractivity contribution in [1.29, 1.82) is 0 Å². The molecule has 0 saturated heterocycles. The Morgan fingerprint density at radius 1 is 1.21 bits per heavy atom. The van der Waals surface area contributed by atoms with Gasteiger partial charge in [-0.05, 0) is 25.0 Å². The second kappa shape index (κ2) is 7.41. The smallest absolute Gasteiger partial charge is 0.303 e. The normalized spacial score (nSPS) is 10.0. The predicted molar refractivity (Wildman–Crippen MR) is 72.5 cm³/mol. The van der Waals surface area contributed by atoms with Gasteiger partial charge in [0.05, 0.1) is 12.8 Å². The van der Waals surface area contributed by atoms with Crippen molar-refractivity contribution in [3.8, 4) is 5.75 Å². The van der Waals surface area contributed by atoms with Gasteiger partial charge in [-0.3, -0.25) is 9.59 Å². The molecule has 0 radical (unpaired) electrons. The Morgan fingerprint density at radius 3 is 2.47 bits per heavy atom. The van der Waals surface area contributed by atoms with Crippen molar-refractivity contribution >= 4 is 17.6 Å². The number of hydrogen-bond acceptors (Lipinski definition) is 3. The molecule has 0 aliphatic carbocycles. The molecular weight excluding hydrogens is 246 g/mol. The summed E-state index contributed by atoms with van der Waals surface area (Å²) in [5, 5.41) is 8.52. The molecule has 104 valence electrons. The largest absolute Gasteiger partial charge is 0.495 e. The second-order valence-electron chi connectivity index (χ2n) is 4.23. The lowest BCUT2D eigenvalue weighted by Crippen LogP contribution is -2.26. The Balaban J connectivity index is 2.54. The quantitative estimate of drug-likeness (QED) is 0.768. The van der Waals surface area contributed by atoms with E-state index in [1.165, 1.54) is 0 Å². The van der Waals surface area contributed by atoms with Crippen LogP contribution >= 0.6 is 0 Å². The summed E-state index contributed by atoms with van der Waals surface area (Å²) in [6.07, 6.45) is 1.53. The number of carbonyl (C=O) groups is 2. The van der Waals surface area contributed by atoms with Crippen molar-refractivity contribution in [2.24, 2.45) is 0 Å². The summed E-state index contributed by atoms with van der Waals surface area (Å²) in [5.74, 6) is -0.232. The average molecular weight is 265 g/mol. The van der Waals surface area contributed by atoms with Gasteiger partial charge in [0.25, 0.3) is 0 Å². The summed E-state index contributed by atoms with van der Waals surface area (Å²) >= 11 is 0. The Labute approximate surface area is 112 Å². The fourth-order valence-electron chi connectivity index (χ4n) is 1.76. The van der Waals surface area contributed by atoms with Crippen LogP contribution in [0.15, 0.2) is 24.3 Å². The first-order valence-corrected chi connectivity index (χ1v) is 6.17. The number of methoxy groups -OCH3 is 1. The van der Waals surface area contributed by atoms with E-state index in [4.69, 9.17) is 9.84 Å². The van der Waals surface area contributed by atoms with Crippen LogP contribution in [0.4, 0.5) is 5.69 Å². The van der Waals surface area contributed by atoms with Crippen LogP contribution in [-0.4, -0.2) is 31.1 Å². The molecule has 1 amide bonds. The molecule has 1 aromatic rings. The minimum Gasteiger partial charge on any atom is -0.495 e. The van der Waals surface area contributed by atoms with Crippen LogP contribution in [0.3, 0.4) is 0 Å². The number of amides is 1. The third kappa shape index (κ3) is 4.62. The molecule has 0 aromatic heterocycles. The van der Waals surface area contributed by atoms with Crippen molar-refractivity contribution in [1.82, 2.24) is 0 Å². The van der Waals surface area contributed by atoms with Crippen LogP contribution in [0.1, 0.15) is 25.7 Å². The maximum absolute atomic E-state index is 12.0. The highest BCUT2D eigenvalue weighted by Crippen LogP contribution is 2.27. The Kier molecular flexibility index (Phi) is 5.85. The molecule has 19 heavy (non-hydrogen) atoms. The van der Waals surface area contributed by atoms with Gasteiger partial charge in [0.15, 0.2) is 0 Å². The fraction of sp³-hybridized carbons (Fsp3) is 0.429. The molecule has 0 fully saturated rings. The number of para-hydroxylation sites is 2. The molecule has 5 heteroatoms. The number of carboxylic acids is 1. The monoisotopic (exact) mass is 265 g/mol. The third-order valence-corrected chi connectivity index (χ3v) is 2.85. The molecule has 0 spiro atoms. The van der Waals surface area contributed by atoms with E-state index in [0.717, 1.165) is 0 Å². The van der Waals surface area contributed by atoms with E-state index < -0.39 is 5.97 Å². The van der Waals surface area contributed by atoms with Gasteiger partial charge in [-0.25, -0.2) is 0 Å². The SMILES string of the molecule is COc1ccccc1N(C)C(=O)CCCCC(=O)O. The molecule has 0 heterocycles. The zero-order valence-corrected chi connectivity index (χ0v) is 11.3. The van der Waals surface area contributed by atoms with Crippen molar-refractivity contribution in [3.63, 3.8) is 0 Å². The Hall–Kier alpha value is -2.04. The number of rotatable bonds is 7. The Bertz CT molecular complexity index is 445. The van der Waals surface area contributed by atoms with Gasteiger partial charge in [-0.2, -0.15) is 0 Å². The molecule has 1 aromatic carbocycles. The van der Waals surface area contributed by atoms with Gasteiger partial charge in [0.1, 0.15) is 5.75 Å². The minimum atomic E-state index is -0.828. The Morgan fingerprint density at radius 2 is 1.84 bits per heavy atom. The predicted octanol–water partition coefficient (Wildman–Crippen LogP) is 2.30. The van der Waals surface area contributed by atoms with Gasteiger partial charge < -0.3 is 14.7 Å². The highest BCUT2D eigenvalue weighted by Gasteiger charge is 2.14. The van der Waals surface area contributed by atoms with Crippen LogP contribution in [0.25, 0.3) is 0 Å². The van der Waals surface area contributed by atoms with Crippen molar-refractivity contribution in [2.75, 3.05) is 19.1 Å². The molecule has 0 unspecified atom stereocenters. The van der Waals surface area contributed by atoms with Gasteiger partial charge in [-0.1, -0.05) is 12.1 Å². The fourth-order valence-corrected chi connectivity index (χ4v) is 1.76. The van der Waals surface area contributed by atoms with Crippen LogP contribution in [0, 0.1) is 0 Å². The van der Waals surface area contributed by atoms with E-state index in [1.807, 2.05) is 18.2 Å². The maximum Gasteiger partial charge on any atom is 0.303 e. The lowest BCUT2D eigenvalue weighted by molar-refractivity contribution is -0.137. The first kappa shape index (κ1) is 15.0. The lowest BCUT2D eigenvalue weighted by atomic mass is 10.1. The topological polar surface area (TPSA) is 66.8 Å². The first-order chi connectivity index (χ1) is 9.06. The van der Waals surface area contributed by atoms with Gasteiger partial charge in [0, 0.05) is 19.9 Å². The molecule has 0 aliphatic rings. The van der Waals surface area contributed by atoms with Gasteiger partial charge in [0.2, 0.25) is 5.91 Å². The number of ether oxygens (including phenoxy) is 1. The molecule has 5 nitrogen and oxygen atoms in total. The molecule has 1 rings (SSSR count). The van der Waals surface area contributed by atoms with E-state index in [9.17, 15) is 9.59 Å². The highest BCUT2D eigenvalue weighted by molar-refractivity contribution is 5.94. The summed E-state index contributed by atoms with van der Waals surface area (Å²) in [7, 11) is 3.25. The van der Waals surface area contributed by atoms with Gasteiger partial charge >= 0.3 is 5.97 Å². The third-order valence-electron chi connectivity index (χ3n) is 2.85. The van der Waals surface area contributed by atoms with Crippen LogP contribution < -0.4 is 9.64 Å². The molecule has 0 aliphatic heterocycles. The van der Waals surface area contributed by atoms with E-state index >= 15 is 0 Å². The lowest BCUT2D eigenvalue weighted by Gasteiger charge is -2.19. The number of unbranched alkanes of at least 4 members (excludes halogenated alkanes) is 1. The number of nitrogens with zero attached hydrogens (tertiary/aromatic N) is 1. The number of anilines is 1. The van der Waals surface area contributed by atoms with Gasteiger partial charge in [-0.15, -0.1) is 0 Å². The first-order valence-electron chi connectivity index (χ1n) is 6.17. The summed E-state index contributed by atoms with van der Waals surface area (Å²) in [6, 6.07) is 7.29. The molecule has 0 atom stereocenters. The number of aliphatic carboxylic acids is 1. The second-order valence-corrected chi connectivity index (χ2v) is 4.23. The van der Waals surface area contributed by atoms with Crippen LogP contribution in [0.2, 0.25) is 0 Å². The van der Waals surface area contributed by atoms with Crippen LogP contribution in [-0.2, 0) is 9.59 Å². The molecule has 0 saturated carbocycles. The van der Waals surface area contributed by atoms with Crippen molar-refractivity contribution in [2.45, 2.75) is 25.7 Å². The zero-order chi connectivity index (χ0) is 14.3. The maximum atomic E-state index is 12.0. The minimum absolute atomic E-state index is 0.0464. The number of hydrogen-bond donors (Lipinski definition) is 1. The molecule has 1 N–H and O–H groups in total. The molecular formula is C14H19NO4.